The minimum Gasteiger partial charge on any atom is -0.287 e. The molecule has 0 radical (unpaired) electrons. The number of fused-ring (bicyclic) bond motifs is 2. The number of nitrogens with one attached hydrogen (secondary N) is 1. The van der Waals surface area contributed by atoms with Crippen molar-refractivity contribution in [3.63, 3.8) is 0 Å². The average Bonchev–Trinajstić information content (AvgIpc) is 3.37. The number of nitriles is 1. The molecule has 1 fully saturated rings. The normalized spacial score (nSPS) is 16.9. The number of rotatable bonds is 3. The summed E-state index contributed by atoms with van der Waals surface area (Å²) in [7, 11) is 0. The third kappa shape index (κ3) is 1.95. The average molecular weight is 333 g/mol. The first-order valence-electron chi connectivity index (χ1n) is 8.48. The van der Waals surface area contributed by atoms with Crippen LogP contribution in [0.4, 0.5) is 0 Å². The van der Waals surface area contributed by atoms with E-state index in [0.717, 1.165) is 12.8 Å². The van der Waals surface area contributed by atoms with E-state index in [-0.39, 0.29) is 11.5 Å². The van der Waals surface area contributed by atoms with E-state index in [9.17, 15) is 10.1 Å². The van der Waals surface area contributed by atoms with Gasteiger partial charge in [0.05, 0.1) is 29.3 Å². The molecule has 124 valence electrons. The van der Waals surface area contributed by atoms with E-state index >= 15 is 0 Å². The minimum absolute atomic E-state index is 0.0456. The van der Waals surface area contributed by atoms with Gasteiger partial charge >= 0.3 is 0 Å². The molecule has 0 amide bonds. The van der Waals surface area contributed by atoms with Crippen LogP contribution in [0.2, 0.25) is 0 Å². The molecule has 3 heterocycles. The molecule has 4 aromatic rings. The second-order valence-electron chi connectivity index (χ2n) is 6.68. The van der Waals surface area contributed by atoms with Gasteiger partial charge in [-0.05, 0) is 18.8 Å². The summed E-state index contributed by atoms with van der Waals surface area (Å²) in [5.74, 6) is 0.408. The Morgan fingerprint density at radius 2 is 2.12 bits per heavy atom. The topological polar surface area (TPSA) is 113 Å². The third-order valence-corrected chi connectivity index (χ3v) is 5.34. The van der Waals surface area contributed by atoms with Gasteiger partial charge in [-0.2, -0.15) is 10.4 Å². The van der Waals surface area contributed by atoms with Gasteiger partial charge in [-0.3, -0.25) is 9.89 Å². The Kier molecular flexibility index (Phi) is 2.98. The highest BCUT2D eigenvalue weighted by atomic mass is 16.1. The van der Waals surface area contributed by atoms with E-state index in [0.29, 0.717) is 45.3 Å². The van der Waals surface area contributed by atoms with Gasteiger partial charge in [-0.25, -0.2) is 19.7 Å². The maximum absolute atomic E-state index is 12.8. The monoisotopic (exact) mass is 333 g/mol. The first kappa shape index (κ1) is 14.3. The molecular weight excluding hydrogens is 318 g/mol. The maximum atomic E-state index is 12.8. The molecule has 0 bridgehead atoms. The summed E-state index contributed by atoms with van der Waals surface area (Å²) in [5.41, 5.74) is 1.95. The van der Waals surface area contributed by atoms with Crippen LogP contribution in [0.15, 0.2) is 17.3 Å². The molecule has 1 aromatic carbocycles. The van der Waals surface area contributed by atoms with Crippen LogP contribution in [0, 0.1) is 17.2 Å². The van der Waals surface area contributed by atoms with Crippen LogP contribution in [0.3, 0.4) is 0 Å². The highest BCUT2D eigenvalue weighted by Gasteiger charge is 2.28. The Morgan fingerprint density at radius 3 is 2.92 bits per heavy atom. The van der Waals surface area contributed by atoms with Gasteiger partial charge < -0.3 is 0 Å². The van der Waals surface area contributed by atoms with Crippen molar-refractivity contribution in [1.29, 1.82) is 5.26 Å². The van der Waals surface area contributed by atoms with Crippen molar-refractivity contribution >= 4 is 33.0 Å². The summed E-state index contributed by atoms with van der Waals surface area (Å²) < 4.78 is 0. The van der Waals surface area contributed by atoms with E-state index in [1.54, 1.807) is 4.80 Å². The standard InChI is InChI=1S/C17H15N7O/c18-6-5-11(9-3-1-2-4-9)24-22-14-13-12-10(16(25)15(14)23-24)7-19-17(12)21-8-20-13/h7-9,11,22H,1-5H2. The molecule has 5 rings (SSSR count). The molecule has 0 saturated heterocycles. The lowest BCUT2D eigenvalue weighted by Gasteiger charge is -2.20. The molecule has 25 heavy (non-hydrogen) atoms. The zero-order valence-corrected chi connectivity index (χ0v) is 13.4. The third-order valence-electron chi connectivity index (χ3n) is 5.34. The van der Waals surface area contributed by atoms with Crippen LogP contribution in [0.25, 0.3) is 33.0 Å². The van der Waals surface area contributed by atoms with Gasteiger partial charge in [0, 0.05) is 6.20 Å². The summed E-state index contributed by atoms with van der Waals surface area (Å²) in [5, 5.41) is 18.2. The van der Waals surface area contributed by atoms with Crippen molar-refractivity contribution in [2.24, 2.45) is 5.92 Å². The lowest BCUT2D eigenvalue weighted by atomic mass is 9.96. The molecule has 1 aliphatic rings. The predicted molar refractivity (Wildman–Crippen MR) is 91.2 cm³/mol. The van der Waals surface area contributed by atoms with Crippen molar-refractivity contribution in [2.45, 2.75) is 38.1 Å². The first-order chi connectivity index (χ1) is 12.3. The number of hydrogen-bond acceptors (Lipinski definition) is 6. The zero-order valence-electron chi connectivity index (χ0n) is 13.4. The fourth-order valence-electron chi connectivity index (χ4n) is 4.12. The molecule has 8 nitrogen and oxygen atoms in total. The van der Waals surface area contributed by atoms with Crippen LogP contribution in [0.5, 0.6) is 0 Å². The summed E-state index contributed by atoms with van der Waals surface area (Å²) in [6, 6.07) is 2.22. The highest BCUT2D eigenvalue weighted by molar-refractivity contribution is 6.16. The fraction of sp³-hybridized carbons (Fsp3) is 0.412. The molecule has 0 aliphatic heterocycles. The smallest absolute Gasteiger partial charge is 0.217 e. The number of nitrogens with zero attached hydrogens (tertiary/aromatic N) is 6. The van der Waals surface area contributed by atoms with Gasteiger partial charge in [0.25, 0.3) is 0 Å². The van der Waals surface area contributed by atoms with Crippen molar-refractivity contribution in [3.8, 4) is 6.07 Å². The molecule has 1 atom stereocenters. The predicted octanol–water partition coefficient (Wildman–Crippen LogP) is 2.30. The van der Waals surface area contributed by atoms with Gasteiger partial charge in [0.1, 0.15) is 17.4 Å². The number of benzene rings is 1. The fourth-order valence-corrected chi connectivity index (χ4v) is 4.12. The second-order valence-corrected chi connectivity index (χ2v) is 6.68. The molecule has 1 N–H and O–H groups in total. The summed E-state index contributed by atoms with van der Waals surface area (Å²) >= 11 is 0. The van der Waals surface area contributed by atoms with Crippen molar-refractivity contribution in [2.75, 3.05) is 0 Å². The largest absolute Gasteiger partial charge is 0.287 e. The van der Waals surface area contributed by atoms with E-state index < -0.39 is 0 Å². The van der Waals surface area contributed by atoms with E-state index in [2.05, 4.69) is 31.2 Å². The van der Waals surface area contributed by atoms with Gasteiger partial charge in [0.2, 0.25) is 5.43 Å². The van der Waals surface area contributed by atoms with Crippen molar-refractivity contribution in [1.82, 2.24) is 29.9 Å². The molecule has 3 aromatic heterocycles. The van der Waals surface area contributed by atoms with Crippen LogP contribution in [0.1, 0.15) is 38.1 Å². The minimum atomic E-state index is -0.170. The van der Waals surface area contributed by atoms with E-state index in [1.807, 2.05) is 0 Å². The Hall–Kier alpha value is -3.08. The SMILES string of the molecule is N#CCC(C1CCCC1)n1nc2c(=O)c3cnc4ncnc(c2[nH]1)c43. The number of aromatic nitrogens is 6. The lowest BCUT2D eigenvalue weighted by Crippen LogP contribution is -2.19. The Balaban J connectivity index is 1.78. The summed E-state index contributed by atoms with van der Waals surface area (Å²) in [6.45, 7) is 0. The van der Waals surface area contributed by atoms with Gasteiger partial charge in [-0.15, -0.1) is 0 Å². The lowest BCUT2D eigenvalue weighted by molar-refractivity contribution is 0.289. The molecule has 1 aliphatic carbocycles. The quantitative estimate of drug-likeness (QED) is 0.615. The van der Waals surface area contributed by atoms with Crippen LogP contribution >= 0.6 is 0 Å². The Morgan fingerprint density at radius 1 is 1.28 bits per heavy atom. The van der Waals surface area contributed by atoms with Crippen LogP contribution < -0.4 is 5.43 Å². The number of aromatic amines is 1. The van der Waals surface area contributed by atoms with Crippen molar-refractivity contribution in [3.05, 3.63) is 22.7 Å². The summed E-state index contributed by atoms with van der Waals surface area (Å²) in [4.78, 5) is 27.2. The first-order valence-corrected chi connectivity index (χ1v) is 8.48. The molecule has 0 spiro atoms. The molecular formula is C17H15N7O. The van der Waals surface area contributed by atoms with Gasteiger partial charge in [-0.1, -0.05) is 12.8 Å². The van der Waals surface area contributed by atoms with Crippen LogP contribution in [-0.4, -0.2) is 29.9 Å². The Bertz CT molecular complexity index is 1180. The molecule has 8 heteroatoms. The van der Waals surface area contributed by atoms with E-state index in [1.165, 1.54) is 25.4 Å². The Labute approximate surface area is 141 Å². The number of H-pyrrole nitrogens is 1. The van der Waals surface area contributed by atoms with Gasteiger partial charge in [0.15, 0.2) is 11.2 Å². The van der Waals surface area contributed by atoms with Crippen LogP contribution in [-0.2, 0) is 0 Å². The molecule has 1 saturated carbocycles. The maximum Gasteiger partial charge on any atom is 0.217 e. The number of hydrogen-bond donors (Lipinski definition) is 1. The zero-order chi connectivity index (χ0) is 17.0. The second kappa shape index (κ2) is 5.21. The summed E-state index contributed by atoms with van der Waals surface area (Å²) in [6.07, 6.45) is 7.90. The van der Waals surface area contributed by atoms with E-state index in [4.69, 9.17) is 0 Å². The highest BCUT2D eigenvalue weighted by Crippen LogP contribution is 2.36. The molecule has 1 unspecified atom stereocenters. The van der Waals surface area contributed by atoms with Crippen molar-refractivity contribution < 1.29 is 0 Å².